The van der Waals surface area contributed by atoms with Crippen LogP contribution in [0.1, 0.15) is 34.8 Å². The van der Waals surface area contributed by atoms with Crippen molar-refractivity contribution in [1.29, 1.82) is 0 Å². The SMILES string of the molecule is CCOC(=O)c1ccc(NC(=O)CC2C(=O)N(Cc3ccccc3)C(=S)N2Cc2ccc(F)cc2)cc1. The van der Waals surface area contributed by atoms with Crippen LogP contribution < -0.4 is 5.32 Å². The molecule has 1 heterocycles. The molecule has 1 saturated heterocycles. The molecule has 0 aromatic heterocycles. The quantitative estimate of drug-likeness (QED) is 0.331. The van der Waals surface area contributed by atoms with Crippen molar-refractivity contribution in [1.82, 2.24) is 9.80 Å². The number of hydrogen-bond acceptors (Lipinski definition) is 5. The number of nitrogens with zero attached hydrogens (tertiary/aromatic N) is 2. The molecular weight excluding hydrogens is 493 g/mol. The summed E-state index contributed by atoms with van der Waals surface area (Å²) in [5, 5.41) is 3.09. The first-order chi connectivity index (χ1) is 17.9. The number of hydrogen-bond donors (Lipinski definition) is 1. The van der Waals surface area contributed by atoms with E-state index in [1.165, 1.54) is 17.0 Å². The molecule has 3 aromatic carbocycles. The summed E-state index contributed by atoms with van der Waals surface area (Å²) in [4.78, 5) is 41.5. The molecule has 1 N–H and O–H groups in total. The number of amides is 2. The van der Waals surface area contributed by atoms with Gasteiger partial charge in [0.2, 0.25) is 5.91 Å². The van der Waals surface area contributed by atoms with Crippen LogP contribution in [0.3, 0.4) is 0 Å². The van der Waals surface area contributed by atoms with Gasteiger partial charge in [-0.25, -0.2) is 9.18 Å². The molecular formula is C28H26FN3O4S. The summed E-state index contributed by atoms with van der Waals surface area (Å²) in [6.45, 7) is 2.53. The molecule has 190 valence electrons. The maximum atomic E-state index is 13.4. The van der Waals surface area contributed by atoms with E-state index in [2.05, 4.69) is 5.32 Å². The van der Waals surface area contributed by atoms with Crippen LogP contribution in [0.15, 0.2) is 78.9 Å². The molecule has 1 unspecified atom stereocenters. The Kier molecular flexibility index (Phi) is 8.25. The predicted molar refractivity (Wildman–Crippen MR) is 141 cm³/mol. The molecule has 7 nitrogen and oxygen atoms in total. The zero-order valence-electron chi connectivity index (χ0n) is 20.2. The van der Waals surface area contributed by atoms with Crippen LogP contribution in [-0.4, -0.2) is 45.3 Å². The van der Waals surface area contributed by atoms with Crippen molar-refractivity contribution in [3.05, 3.63) is 101 Å². The number of esters is 1. The van der Waals surface area contributed by atoms with Crippen molar-refractivity contribution in [2.45, 2.75) is 32.5 Å². The topological polar surface area (TPSA) is 78.9 Å². The van der Waals surface area contributed by atoms with Crippen LogP contribution in [0, 0.1) is 5.82 Å². The van der Waals surface area contributed by atoms with Crippen molar-refractivity contribution in [3.8, 4) is 0 Å². The lowest BCUT2D eigenvalue weighted by molar-refractivity contribution is -0.131. The van der Waals surface area contributed by atoms with Gasteiger partial charge >= 0.3 is 5.97 Å². The van der Waals surface area contributed by atoms with Crippen molar-refractivity contribution in [2.75, 3.05) is 11.9 Å². The normalized spacial score (nSPS) is 15.1. The smallest absolute Gasteiger partial charge is 0.338 e. The maximum Gasteiger partial charge on any atom is 0.338 e. The lowest BCUT2D eigenvalue weighted by Crippen LogP contribution is -2.37. The number of thiocarbonyl (C=S) groups is 1. The highest BCUT2D eigenvalue weighted by molar-refractivity contribution is 7.80. The van der Waals surface area contributed by atoms with Gasteiger partial charge in [-0.3, -0.25) is 14.5 Å². The van der Waals surface area contributed by atoms with E-state index in [4.69, 9.17) is 17.0 Å². The van der Waals surface area contributed by atoms with Crippen LogP contribution in [0.2, 0.25) is 0 Å². The van der Waals surface area contributed by atoms with Crippen LogP contribution in [0.4, 0.5) is 10.1 Å². The fourth-order valence-corrected chi connectivity index (χ4v) is 4.41. The first-order valence-corrected chi connectivity index (χ1v) is 12.2. The fraction of sp³-hybridized carbons (Fsp3) is 0.214. The van der Waals surface area contributed by atoms with E-state index in [0.717, 1.165) is 11.1 Å². The molecule has 37 heavy (non-hydrogen) atoms. The number of carbonyl (C=O) groups is 3. The van der Waals surface area contributed by atoms with Crippen molar-refractivity contribution >= 4 is 40.8 Å². The van der Waals surface area contributed by atoms with E-state index in [1.807, 2.05) is 30.3 Å². The molecule has 0 aliphatic carbocycles. The van der Waals surface area contributed by atoms with Crippen LogP contribution in [-0.2, 0) is 27.4 Å². The number of rotatable bonds is 9. The van der Waals surface area contributed by atoms with Gasteiger partial charge in [0.15, 0.2) is 5.11 Å². The number of ether oxygens (including phenoxy) is 1. The lowest BCUT2D eigenvalue weighted by atomic mass is 10.1. The molecule has 9 heteroatoms. The largest absolute Gasteiger partial charge is 0.462 e. The zero-order valence-corrected chi connectivity index (χ0v) is 21.0. The van der Waals surface area contributed by atoms with Crippen molar-refractivity contribution in [3.63, 3.8) is 0 Å². The van der Waals surface area contributed by atoms with Crippen LogP contribution in [0.5, 0.6) is 0 Å². The van der Waals surface area contributed by atoms with Gasteiger partial charge in [-0.1, -0.05) is 42.5 Å². The molecule has 1 fully saturated rings. The summed E-state index contributed by atoms with van der Waals surface area (Å²) in [7, 11) is 0. The summed E-state index contributed by atoms with van der Waals surface area (Å²) in [6, 6.07) is 20.9. The number of benzene rings is 3. The first kappa shape index (κ1) is 26.0. The predicted octanol–water partition coefficient (Wildman–Crippen LogP) is 4.53. The van der Waals surface area contributed by atoms with Gasteiger partial charge in [-0.2, -0.15) is 0 Å². The van der Waals surface area contributed by atoms with E-state index in [1.54, 1.807) is 48.2 Å². The minimum Gasteiger partial charge on any atom is -0.462 e. The average Bonchev–Trinajstić information content (AvgIpc) is 3.10. The third-order valence-corrected chi connectivity index (χ3v) is 6.37. The summed E-state index contributed by atoms with van der Waals surface area (Å²) in [5.74, 6) is -1.46. The molecule has 1 atom stereocenters. The van der Waals surface area contributed by atoms with E-state index >= 15 is 0 Å². The summed E-state index contributed by atoms with van der Waals surface area (Å²) in [6.07, 6.45) is -0.134. The lowest BCUT2D eigenvalue weighted by Gasteiger charge is -2.24. The standard InChI is InChI=1S/C28H26FN3O4S/c1-2-36-27(35)21-10-14-23(15-11-21)30-25(33)16-24-26(34)32(18-19-6-4-3-5-7-19)28(37)31(24)17-20-8-12-22(29)13-9-20/h3-15,24H,2,16-18H2,1H3,(H,30,33). The highest BCUT2D eigenvalue weighted by Gasteiger charge is 2.43. The Morgan fingerprint density at radius 1 is 0.946 bits per heavy atom. The second-order valence-corrected chi connectivity index (χ2v) is 8.88. The average molecular weight is 520 g/mol. The molecule has 3 aromatic rings. The van der Waals surface area contributed by atoms with E-state index < -0.39 is 12.0 Å². The highest BCUT2D eigenvalue weighted by Crippen LogP contribution is 2.26. The third kappa shape index (κ3) is 6.37. The molecule has 4 rings (SSSR count). The number of carbonyl (C=O) groups excluding carboxylic acids is 3. The molecule has 0 saturated carbocycles. The minimum absolute atomic E-state index is 0.134. The highest BCUT2D eigenvalue weighted by atomic mass is 32.1. The Bertz CT molecular complexity index is 1280. The molecule has 0 spiro atoms. The van der Waals surface area contributed by atoms with Gasteiger partial charge in [0, 0.05) is 12.2 Å². The summed E-state index contributed by atoms with van der Waals surface area (Å²) < 4.78 is 18.4. The van der Waals surface area contributed by atoms with Gasteiger partial charge in [0.05, 0.1) is 25.1 Å². The van der Waals surface area contributed by atoms with Gasteiger partial charge in [-0.05, 0) is 66.7 Å². The van der Waals surface area contributed by atoms with Gasteiger partial charge in [0.1, 0.15) is 11.9 Å². The molecule has 0 radical (unpaired) electrons. The Morgan fingerprint density at radius 2 is 1.59 bits per heavy atom. The van der Waals surface area contributed by atoms with E-state index in [-0.39, 0.29) is 43.7 Å². The summed E-state index contributed by atoms with van der Waals surface area (Å²) in [5.41, 5.74) is 2.53. The number of nitrogens with one attached hydrogen (secondary N) is 1. The molecule has 0 bridgehead atoms. The van der Waals surface area contributed by atoms with Crippen molar-refractivity contribution in [2.24, 2.45) is 0 Å². The molecule has 1 aliphatic heterocycles. The fourth-order valence-electron chi connectivity index (χ4n) is 4.06. The van der Waals surface area contributed by atoms with E-state index in [9.17, 15) is 18.8 Å². The Labute approximate surface area is 219 Å². The molecule has 2 amide bonds. The minimum atomic E-state index is -0.819. The Morgan fingerprint density at radius 3 is 2.24 bits per heavy atom. The second-order valence-electron chi connectivity index (χ2n) is 8.51. The maximum absolute atomic E-state index is 13.4. The zero-order chi connectivity index (χ0) is 26.4. The van der Waals surface area contributed by atoms with Gasteiger partial charge < -0.3 is 15.0 Å². The van der Waals surface area contributed by atoms with Gasteiger partial charge in [0.25, 0.3) is 5.91 Å². The summed E-state index contributed by atoms with van der Waals surface area (Å²) >= 11 is 5.66. The first-order valence-electron chi connectivity index (χ1n) is 11.8. The van der Waals surface area contributed by atoms with Crippen LogP contribution in [0.25, 0.3) is 0 Å². The third-order valence-electron chi connectivity index (χ3n) is 5.91. The second kappa shape index (κ2) is 11.7. The molecule has 1 aliphatic rings. The number of halogens is 1. The Hall–Kier alpha value is -4.11. The van der Waals surface area contributed by atoms with E-state index in [0.29, 0.717) is 16.4 Å². The monoisotopic (exact) mass is 519 g/mol. The Balaban J connectivity index is 1.50. The number of anilines is 1. The van der Waals surface area contributed by atoms with Crippen molar-refractivity contribution < 1.29 is 23.5 Å². The van der Waals surface area contributed by atoms with Crippen LogP contribution >= 0.6 is 12.2 Å². The van der Waals surface area contributed by atoms with Gasteiger partial charge in [-0.15, -0.1) is 0 Å².